The van der Waals surface area contributed by atoms with Gasteiger partial charge in [-0.1, -0.05) is 63.4 Å². The van der Waals surface area contributed by atoms with Crippen LogP contribution < -0.4 is 4.98 Å². The molecular weight excluding hydrogens is 238 g/mol. The van der Waals surface area contributed by atoms with E-state index in [1.54, 1.807) is 0 Å². The summed E-state index contributed by atoms with van der Waals surface area (Å²) >= 11 is 0. The summed E-state index contributed by atoms with van der Waals surface area (Å²) in [5.41, 5.74) is 3.04. The molecule has 1 aromatic rings. The molecule has 18 heavy (non-hydrogen) atoms. The van der Waals surface area contributed by atoms with Gasteiger partial charge in [0.05, 0.1) is 0 Å². The zero-order valence-corrected chi connectivity index (χ0v) is 12.5. The van der Waals surface area contributed by atoms with E-state index in [0.29, 0.717) is 5.54 Å². The van der Waals surface area contributed by atoms with Gasteiger partial charge in [0.25, 0.3) is 0 Å². The summed E-state index contributed by atoms with van der Waals surface area (Å²) in [7, 11) is -1.83. The molecule has 1 N–H and O–H groups in total. The lowest BCUT2D eigenvalue weighted by atomic mass is 10.1. The lowest BCUT2D eigenvalue weighted by molar-refractivity contribution is -0.122. The maximum absolute atomic E-state index is 11.9. The zero-order valence-electron chi connectivity index (χ0n) is 11.5. The number of allylic oxidation sites excluding steroid dienone is 1. The SMILES string of the molecule is CC(C)C(=O)N[Si](C)(C)C1C=Cc2ccccc21. The molecule has 1 aliphatic rings. The van der Waals surface area contributed by atoms with Crippen molar-refractivity contribution in [1.82, 2.24) is 4.98 Å². The molecule has 1 atom stereocenters. The molecule has 3 heteroatoms. The van der Waals surface area contributed by atoms with Gasteiger partial charge in [-0.05, 0) is 11.1 Å². The third-order valence-corrected chi connectivity index (χ3v) is 6.50. The van der Waals surface area contributed by atoms with Crippen LogP contribution in [0.2, 0.25) is 13.1 Å². The van der Waals surface area contributed by atoms with E-state index in [0.717, 1.165) is 0 Å². The van der Waals surface area contributed by atoms with Crippen LogP contribution in [0.5, 0.6) is 0 Å². The second-order valence-electron chi connectivity index (χ2n) is 5.83. The predicted octanol–water partition coefficient (Wildman–Crippen LogP) is 3.31. The summed E-state index contributed by atoms with van der Waals surface area (Å²) in [6, 6.07) is 8.46. The van der Waals surface area contributed by atoms with Crippen LogP contribution in [0, 0.1) is 5.92 Å². The zero-order chi connectivity index (χ0) is 13.3. The normalized spacial score (nSPS) is 17.9. The van der Waals surface area contributed by atoms with Gasteiger partial charge in [0, 0.05) is 11.5 Å². The van der Waals surface area contributed by atoms with Crippen LogP contribution in [0.15, 0.2) is 30.3 Å². The van der Waals surface area contributed by atoms with E-state index < -0.39 is 8.24 Å². The third-order valence-electron chi connectivity index (χ3n) is 3.55. The number of nitrogens with one attached hydrogen (secondary N) is 1. The van der Waals surface area contributed by atoms with Gasteiger partial charge < -0.3 is 4.98 Å². The largest absolute Gasteiger partial charge is 0.381 e. The van der Waals surface area contributed by atoms with Crippen LogP contribution in [0.1, 0.15) is 30.5 Å². The standard InChI is InChI=1S/C15H21NOSi/c1-11(2)15(17)16-18(3,4)14-10-9-12-7-5-6-8-13(12)14/h5-11,14H,1-4H3,(H,16,17). The lowest BCUT2D eigenvalue weighted by Crippen LogP contribution is -2.53. The molecule has 1 unspecified atom stereocenters. The van der Waals surface area contributed by atoms with Crippen molar-refractivity contribution in [2.75, 3.05) is 0 Å². The summed E-state index contributed by atoms with van der Waals surface area (Å²) in [5.74, 6) is 0.224. The Morgan fingerprint density at radius 2 is 1.94 bits per heavy atom. The highest BCUT2D eigenvalue weighted by molar-refractivity contribution is 6.79. The fourth-order valence-electron chi connectivity index (χ4n) is 2.42. The van der Waals surface area contributed by atoms with Crippen molar-refractivity contribution in [1.29, 1.82) is 0 Å². The van der Waals surface area contributed by atoms with E-state index in [4.69, 9.17) is 0 Å². The number of carbonyl (C=O) groups excluding carboxylic acids is 1. The molecule has 0 aliphatic heterocycles. The van der Waals surface area contributed by atoms with Gasteiger partial charge in [-0.2, -0.15) is 0 Å². The summed E-state index contributed by atoms with van der Waals surface area (Å²) < 4.78 is 0. The molecular formula is C15H21NOSi. The Bertz CT molecular complexity index is 491. The van der Waals surface area contributed by atoms with Crippen molar-refractivity contribution >= 4 is 20.2 Å². The van der Waals surface area contributed by atoms with Crippen LogP contribution >= 0.6 is 0 Å². The van der Waals surface area contributed by atoms with Crippen molar-refractivity contribution in [3.8, 4) is 0 Å². The molecule has 0 aromatic heterocycles. The van der Waals surface area contributed by atoms with E-state index >= 15 is 0 Å². The third kappa shape index (κ3) is 2.41. The van der Waals surface area contributed by atoms with E-state index in [2.05, 4.69) is 54.5 Å². The molecule has 1 amide bonds. The molecule has 0 fully saturated rings. The maximum Gasteiger partial charge on any atom is 0.214 e. The first-order valence-corrected chi connectivity index (χ1v) is 9.58. The highest BCUT2D eigenvalue weighted by Gasteiger charge is 2.36. The molecule has 0 spiro atoms. The fourth-order valence-corrected chi connectivity index (χ4v) is 5.12. The first kappa shape index (κ1) is 13.1. The maximum atomic E-state index is 11.9. The number of hydrogen-bond acceptors (Lipinski definition) is 1. The van der Waals surface area contributed by atoms with Gasteiger partial charge in [0.1, 0.15) is 0 Å². The van der Waals surface area contributed by atoms with Gasteiger partial charge in [-0.25, -0.2) is 0 Å². The van der Waals surface area contributed by atoms with Crippen LogP contribution in [-0.4, -0.2) is 14.1 Å². The van der Waals surface area contributed by atoms with Crippen molar-refractivity contribution in [2.45, 2.75) is 32.5 Å². The Balaban J connectivity index is 2.22. The van der Waals surface area contributed by atoms with E-state index in [1.165, 1.54) is 11.1 Å². The average molecular weight is 259 g/mol. The van der Waals surface area contributed by atoms with Crippen molar-refractivity contribution in [3.05, 3.63) is 41.5 Å². The van der Waals surface area contributed by atoms with Gasteiger partial charge in [0.15, 0.2) is 8.24 Å². The first-order valence-electron chi connectivity index (χ1n) is 6.51. The molecule has 0 radical (unpaired) electrons. The van der Waals surface area contributed by atoms with Gasteiger partial charge in [0.2, 0.25) is 5.91 Å². The fraction of sp³-hybridized carbons (Fsp3) is 0.400. The number of benzene rings is 1. The molecule has 1 aromatic carbocycles. The molecule has 1 aliphatic carbocycles. The topological polar surface area (TPSA) is 29.1 Å². The van der Waals surface area contributed by atoms with E-state index in [9.17, 15) is 4.79 Å². The van der Waals surface area contributed by atoms with Crippen molar-refractivity contribution in [2.24, 2.45) is 5.92 Å². The number of rotatable bonds is 3. The molecule has 2 nitrogen and oxygen atoms in total. The summed E-state index contributed by atoms with van der Waals surface area (Å²) in [4.78, 5) is 15.2. The Morgan fingerprint density at radius 1 is 1.28 bits per heavy atom. The quantitative estimate of drug-likeness (QED) is 0.829. The predicted molar refractivity (Wildman–Crippen MR) is 78.7 cm³/mol. The minimum atomic E-state index is -1.83. The number of fused-ring (bicyclic) bond motifs is 1. The Morgan fingerprint density at radius 3 is 2.61 bits per heavy atom. The van der Waals surface area contributed by atoms with E-state index in [1.807, 2.05) is 13.8 Å². The summed E-state index contributed by atoms with van der Waals surface area (Å²) in [6.45, 7) is 8.34. The smallest absolute Gasteiger partial charge is 0.214 e. The Hall–Kier alpha value is -1.35. The highest BCUT2D eigenvalue weighted by atomic mass is 28.3. The molecule has 0 bridgehead atoms. The van der Waals surface area contributed by atoms with Crippen LogP contribution in [0.3, 0.4) is 0 Å². The van der Waals surface area contributed by atoms with Crippen LogP contribution in [-0.2, 0) is 4.79 Å². The Kier molecular flexibility index (Phi) is 3.44. The molecule has 2 rings (SSSR count). The molecule has 0 saturated heterocycles. The summed E-state index contributed by atoms with van der Waals surface area (Å²) in [6.07, 6.45) is 4.42. The van der Waals surface area contributed by atoms with E-state index in [-0.39, 0.29) is 11.8 Å². The van der Waals surface area contributed by atoms with Gasteiger partial charge in [-0.15, -0.1) is 0 Å². The second kappa shape index (κ2) is 4.73. The first-order chi connectivity index (χ1) is 8.42. The van der Waals surface area contributed by atoms with Crippen molar-refractivity contribution < 1.29 is 4.79 Å². The number of hydrogen-bond donors (Lipinski definition) is 1. The number of amides is 1. The van der Waals surface area contributed by atoms with Crippen LogP contribution in [0.4, 0.5) is 0 Å². The second-order valence-corrected chi connectivity index (χ2v) is 10.1. The summed E-state index contributed by atoms with van der Waals surface area (Å²) in [5, 5.41) is 0. The van der Waals surface area contributed by atoms with Crippen LogP contribution in [0.25, 0.3) is 6.08 Å². The molecule has 0 saturated carbocycles. The minimum absolute atomic E-state index is 0.0531. The lowest BCUT2D eigenvalue weighted by Gasteiger charge is -2.31. The Labute approximate surface area is 110 Å². The minimum Gasteiger partial charge on any atom is -0.381 e. The van der Waals surface area contributed by atoms with Gasteiger partial charge >= 0.3 is 0 Å². The van der Waals surface area contributed by atoms with Crippen molar-refractivity contribution in [3.63, 3.8) is 0 Å². The highest BCUT2D eigenvalue weighted by Crippen LogP contribution is 2.35. The molecule has 0 heterocycles. The average Bonchev–Trinajstić information content (AvgIpc) is 2.72. The number of carbonyl (C=O) groups is 1. The monoisotopic (exact) mass is 259 g/mol. The van der Waals surface area contributed by atoms with Gasteiger partial charge in [-0.3, -0.25) is 4.79 Å². The molecule has 96 valence electrons.